The summed E-state index contributed by atoms with van der Waals surface area (Å²) in [6.07, 6.45) is 5.95. The highest BCUT2D eigenvalue weighted by atomic mass is 32.2. The van der Waals surface area contributed by atoms with Gasteiger partial charge in [0.15, 0.2) is 0 Å². The van der Waals surface area contributed by atoms with Crippen LogP contribution in [0.1, 0.15) is 28.8 Å². The van der Waals surface area contributed by atoms with Crippen molar-refractivity contribution in [1.82, 2.24) is 14.6 Å². The van der Waals surface area contributed by atoms with Crippen LogP contribution in [0, 0.1) is 0 Å². The maximum absolute atomic E-state index is 12.7. The Labute approximate surface area is 147 Å². The predicted molar refractivity (Wildman–Crippen MR) is 94.7 cm³/mol. The maximum Gasteiger partial charge on any atom is 0.251 e. The molecule has 7 heteroatoms. The van der Waals surface area contributed by atoms with Gasteiger partial charge in [0.1, 0.15) is 0 Å². The Hall–Kier alpha value is -2.25. The lowest BCUT2D eigenvalue weighted by Crippen LogP contribution is -2.30. The van der Waals surface area contributed by atoms with E-state index in [1.165, 1.54) is 16.4 Å². The van der Waals surface area contributed by atoms with Gasteiger partial charge >= 0.3 is 0 Å². The van der Waals surface area contributed by atoms with Gasteiger partial charge in [-0.25, -0.2) is 12.7 Å². The molecule has 0 aliphatic heterocycles. The molecule has 1 aliphatic carbocycles. The Kier molecular flexibility index (Phi) is 5.15. The third-order valence-corrected chi connectivity index (χ3v) is 6.03. The van der Waals surface area contributed by atoms with Gasteiger partial charge in [0.2, 0.25) is 10.0 Å². The molecule has 3 rings (SSSR count). The number of nitrogens with zero attached hydrogens (tertiary/aromatic N) is 2. The average Bonchev–Trinajstić information content (AvgIpc) is 3.44. The first-order valence-corrected chi connectivity index (χ1v) is 9.67. The fourth-order valence-electron chi connectivity index (χ4n) is 2.43. The second kappa shape index (κ2) is 7.33. The van der Waals surface area contributed by atoms with Crippen LogP contribution in [-0.2, 0) is 16.4 Å². The lowest BCUT2D eigenvalue weighted by atomic mass is 10.2. The molecule has 0 atom stereocenters. The molecule has 0 spiro atoms. The number of carbonyl (C=O) groups is 1. The number of likely N-dealkylation sites (N-methyl/N-ethyl adjacent to an activating group) is 1. The van der Waals surface area contributed by atoms with Gasteiger partial charge in [-0.15, -0.1) is 0 Å². The smallest absolute Gasteiger partial charge is 0.251 e. The van der Waals surface area contributed by atoms with Crippen LogP contribution < -0.4 is 5.32 Å². The van der Waals surface area contributed by atoms with Crippen LogP contribution in [0.25, 0.3) is 0 Å². The van der Waals surface area contributed by atoms with E-state index in [9.17, 15) is 13.2 Å². The van der Waals surface area contributed by atoms with Crippen molar-refractivity contribution >= 4 is 15.9 Å². The summed E-state index contributed by atoms with van der Waals surface area (Å²) in [5.74, 6) is -0.223. The highest BCUT2D eigenvalue weighted by Crippen LogP contribution is 2.21. The Bertz CT molecular complexity index is 849. The summed E-state index contributed by atoms with van der Waals surface area (Å²) in [6, 6.07) is 10.2. The van der Waals surface area contributed by atoms with Gasteiger partial charge in [-0.1, -0.05) is 6.07 Å². The van der Waals surface area contributed by atoms with Gasteiger partial charge in [-0.2, -0.15) is 0 Å². The summed E-state index contributed by atoms with van der Waals surface area (Å²) in [6.45, 7) is 0.352. The zero-order valence-corrected chi connectivity index (χ0v) is 14.9. The molecular formula is C18H21N3O3S. The van der Waals surface area contributed by atoms with Crippen LogP contribution in [0.2, 0.25) is 0 Å². The van der Waals surface area contributed by atoms with Crippen LogP contribution in [0.4, 0.5) is 0 Å². The van der Waals surface area contributed by atoms with Crippen molar-refractivity contribution < 1.29 is 13.2 Å². The second-order valence-electron chi connectivity index (χ2n) is 6.21. The highest BCUT2D eigenvalue weighted by molar-refractivity contribution is 7.89. The maximum atomic E-state index is 12.7. The van der Waals surface area contributed by atoms with Gasteiger partial charge in [-0.3, -0.25) is 9.78 Å². The van der Waals surface area contributed by atoms with Gasteiger partial charge in [0, 0.05) is 37.6 Å². The summed E-state index contributed by atoms with van der Waals surface area (Å²) in [7, 11) is -2.09. The Balaban J connectivity index is 1.71. The minimum absolute atomic E-state index is 0.133. The Morgan fingerprint density at radius 1 is 1.24 bits per heavy atom. The molecule has 0 radical (unpaired) electrons. The number of pyridine rings is 1. The normalized spacial score (nSPS) is 14.5. The zero-order chi connectivity index (χ0) is 17.9. The summed E-state index contributed by atoms with van der Waals surface area (Å²) >= 11 is 0. The molecule has 0 saturated heterocycles. The fraction of sp³-hybridized carbons (Fsp3) is 0.333. The lowest BCUT2D eigenvalue weighted by molar-refractivity contribution is 0.0951. The molecule has 1 aliphatic rings. The van der Waals surface area contributed by atoms with Gasteiger partial charge < -0.3 is 5.32 Å². The molecule has 1 fully saturated rings. The molecule has 25 heavy (non-hydrogen) atoms. The number of hydrogen-bond donors (Lipinski definition) is 1. The van der Waals surface area contributed by atoms with Crippen molar-refractivity contribution in [3.8, 4) is 0 Å². The van der Waals surface area contributed by atoms with Crippen molar-refractivity contribution in [1.29, 1.82) is 0 Å². The van der Waals surface area contributed by atoms with E-state index in [0.29, 0.717) is 18.5 Å². The van der Waals surface area contributed by atoms with Crippen molar-refractivity contribution in [3.05, 3.63) is 59.9 Å². The van der Waals surface area contributed by atoms with Crippen molar-refractivity contribution in [2.45, 2.75) is 30.2 Å². The van der Waals surface area contributed by atoms with E-state index in [1.807, 2.05) is 12.1 Å². The molecule has 1 aromatic heterocycles. The van der Waals surface area contributed by atoms with E-state index in [0.717, 1.165) is 18.4 Å². The van der Waals surface area contributed by atoms with Gasteiger partial charge in [0.25, 0.3) is 5.91 Å². The van der Waals surface area contributed by atoms with Crippen LogP contribution >= 0.6 is 0 Å². The number of rotatable bonds is 7. The second-order valence-corrected chi connectivity index (χ2v) is 8.25. The SMILES string of the molecule is CN(CCc1ccncc1)S(=O)(=O)c1cccc(C(=O)NC2CC2)c1. The number of hydrogen-bond acceptors (Lipinski definition) is 4. The molecular weight excluding hydrogens is 338 g/mol. The third-order valence-electron chi connectivity index (χ3n) is 4.18. The number of sulfonamides is 1. The first-order chi connectivity index (χ1) is 12.0. The number of benzene rings is 1. The summed E-state index contributed by atoms with van der Waals surface area (Å²) in [5, 5.41) is 2.87. The van der Waals surface area contributed by atoms with Crippen molar-refractivity contribution in [3.63, 3.8) is 0 Å². The third kappa shape index (κ3) is 4.43. The van der Waals surface area contributed by atoms with E-state index >= 15 is 0 Å². The monoisotopic (exact) mass is 359 g/mol. The van der Waals surface area contributed by atoms with E-state index < -0.39 is 10.0 Å². The summed E-state index contributed by atoms with van der Waals surface area (Å²) in [4.78, 5) is 16.2. The lowest BCUT2D eigenvalue weighted by Gasteiger charge is -2.17. The van der Waals surface area contributed by atoms with Gasteiger partial charge in [0.05, 0.1) is 4.90 Å². The topological polar surface area (TPSA) is 79.4 Å². The molecule has 1 saturated carbocycles. The molecule has 0 bridgehead atoms. The molecule has 1 heterocycles. The number of nitrogens with one attached hydrogen (secondary N) is 1. The number of aromatic nitrogens is 1. The minimum atomic E-state index is -3.64. The van der Waals surface area contributed by atoms with Gasteiger partial charge in [-0.05, 0) is 55.2 Å². The summed E-state index contributed by atoms with van der Waals surface area (Å²) in [5.41, 5.74) is 1.39. The van der Waals surface area contributed by atoms with E-state index in [1.54, 1.807) is 31.6 Å². The molecule has 1 N–H and O–H groups in total. The molecule has 2 aromatic rings. The highest BCUT2D eigenvalue weighted by Gasteiger charge is 2.25. The van der Waals surface area contributed by atoms with E-state index in [4.69, 9.17) is 0 Å². The molecule has 0 unspecified atom stereocenters. The Morgan fingerprint density at radius 2 is 1.96 bits per heavy atom. The van der Waals surface area contributed by atoms with Crippen molar-refractivity contribution in [2.75, 3.05) is 13.6 Å². The number of carbonyl (C=O) groups excluding carboxylic acids is 1. The molecule has 1 amide bonds. The van der Waals surface area contributed by atoms with E-state index in [-0.39, 0.29) is 16.8 Å². The van der Waals surface area contributed by atoms with Crippen LogP contribution in [0.15, 0.2) is 53.7 Å². The number of amides is 1. The van der Waals surface area contributed by atoms with Crippen LogP contribution in [0.5, 0.6) is 0 Å². The summed E-state index contributed by atoms with van der Waals surface area (Å²) < 4.78 is 26.8. The molecule has 6 nitrogen and oxygen atoms in total. The standard InChI is InChI=1S/C18H21N3O3S/c1-21(12-9-14-7-10-19-11-8-14)25(23,24)17-4-2-3-15(13-17)18(22)20-16-5-6-16/h2-4,7-8,10-11,13,16H,5-6,9,12H2,1H3,(H,20,22). The average molecular weight is 359 g/mol. The molecule has 132 valence electrons. The fourth-order valence-corrected chi connectivity index (χ4v) is 3.65. The predicted octanol–water partition coefficient (Wildman–Crippen LogP) is 1.84. The Morgan fingerprint density at radius 3 is 2.64 bits per heavy atom. The first-order valence-electron chi connectivity index (χ1n) is 8.23. The minimum Gasteiger partial charge on any atom is -0.349 e. The zero-order valence-electron chi connectivity index (χ0n) is 14.1. The van der Waals surface area contributed by atoms with Crippen molar-refractivity contribution in [2.24, 2.45) is 0 Å². The van der Waals surface area contributed by atoms with Crippen LogP contribution in [-0.4, -0.2) is 43.2 Å². The largest absolute Gasteiger partial charge is 0.349 e. The first kappa shape index (κ1) is 17.6. The van der Waals surface area contributed by atoms with E-state index in [2.05, 4.69) is 10.3 Å². The quantitative estimate of drug-likeness (QED) is 0.818. The van der Waals surface area contributed by atoms with Crippen LogP contribution in [0.3, 0.4) is 0 Å². The molecule has 1 aromatic carbocycles.